The van der Waals surface area contributed by atoms with E-state index in [-0.39, 0.29) is 11.0 Å². The molecule has 4 aliphatic rings. The van der Waals surface area contributed by atoms with Crippen molar-refractivity contribution in [2.75, 3.05) is 4.90 Å². The fourth-order valence-corrected chi connectivity index (χ4v) is 7.62. The number of hydrogen-bond donors (Lipinski definition) is 0. The standard InChI is InChI=1S/C40H39N/c1-39(2)37-26-31(29-16-8-4-9-17-29)24-25-34(37)35-28-40(3,36(27-38(35)39)30-18-10-5-11-19-30)41(32-20-12-6-13-21-32)33-22-14-7-15-23-33/h4,6-10,12-23,25-27,31H,5,11,24,28H2,1-3H3. The highest BCUT2D eigenvalue weighted by Crippen LogP contribution is 2.60. The van der Waals surface area contributed by atoms with Crippen LogP contribution >= 0.6 is 0 Å². The summed E-state index contributed by atoms with van der Waals surface area (Å²) in [6.45, 7) is 7.35. The fourth-order valence-electron chi connectivity index (χ4n) is 7.62. The Balaban J connectivity index is 1.40. The van der Waals surface area contributed by atoms with Crippen molar-refractivity contribution in [2.24, 2.45) is 5.41 Å². The van der Waals surface area contributed by atoms with Crippen molar-refractivity contribution >= 4 is 11.4 Å². The summed E-state index contributed by atoms with van der Waals surface area (Å²) in [6.07, 6.45) is 19.1. The molecule has 41 heavy (non-hydrogen) atoms. The predicted octanol–water partition coefficient (Wildman–Crippen LogP) is 10.6. The summed E-state index contributed by atoms with van der Waals surface area (Å²) in [5.41, 5.74) is 12.4. The molecule has 0 spiro atoms. The average Bonchev–Trinajstić information content (AvgIpc) is 3.23. The Morgan fingerprint density at radius 2 is 1.34 bits per heavy atom. The second-order valence-electron chi connectivity index (χ2n) is 12.6. The Hall–Kier alpha value is -4.10. The smallest absolute Gasteiger partial charge is 0.0720 e. The zero-order valence-corrected chi connectivity index (χ0v) is 24.5. The van der Waals surface area contributed by atoms with Gasteiger partial charge in [-0.2, -0.15) is 0 Å². The third-order valence-electron chi connectivity index (χ3n) is 9.68. The van der Waals surface area contributed by atoms with Gasteiger partial charge in [-0.25, -0.2) is 0 Å². The molecule has 0 N–H and O–H groups in total. The number of fused-ring (bicyclic) bond motifs is 2. The minimum absolute atomic E-state index is 0.0372. The van der Waals surface area contributed by atoms with E-state index in [0.717, 1.165) is 25.7 Å². The predicted molar refractivity (Wildman–Crippen MR) is 173 cm³/mol. The number of benzene rings is 3. The van der Waals surface area contributed by atoms with Crippen LogP contribution in [0.2, 0.25) is 0 Å². The van der Waals surface area contributed by atoms with Crippen LogP contribution in [0.5, 0.6) is 0 Å². The van der Waals surface area contributed by atoms with E-state index in [9.17, 15) is 0 Å². The van der Waals surface area contributed by atoms with Gasteiger partial charge in [0.05, 0.1) is 5.54 Å². The summed E-state index contributed by atoms with van der Waals surface area (Å²) in [6, 6.07) is 33.0. The first kappa shape index (κ1) is 25.8. The molecule has 2 atom stereocenters. The molecule has 0 aliphatic heterocycles. The molecule has 0 saturated heterocycles. The first-order valence-corrected chi connectivity index (χ1v) is 15.2. The van der Waals surface area contributed by atoms with Crippen LogP contribution in [-0.2, 0) is 0 Å². The zero-order chi connectivity index (χ0) is 28.0. The molecule has 7 rings (SSSR count). The third kappa shape index (κ3) is 4.30. The van der Waals surface area contributed by atoms with Gasteiger partial charge in [0.25, 0.3) is 0 Å². The van der Waals surface area contributed by atoms with E-state index < -0.39 is 0 Å². The van der Waals surface area contributed by atoms with Gasteiger partial charge in [-0.15, -0.1) is 0 Å². The first-order valence-electron chi connectivity index (χ1n) is 15.2. The number of allylic oxidation sites excluding steroid dienone is 9. The van der Waals surface area contributed by atoms with Gasteiger partial charge in [0.1, 0.15) is 0 Å². The second-order valence-corrected chi connectivity index (χ2v) is 12.6. The highest BCUT2D eigenvalue weighted by Gasteiger charge is 2.49. The quantitative estimate of drug-likeness (QED) is 0.315. The van der Waals surface area contributed by atoms with E-state index in [1.54, 1.807) is 0 Å². The summed E-state index contributed by atoms with van der Waals surface area (Å²) >= 11 is 0. The maximum Gasteiger partial charge on any atom is 0.0720 e. The monoisotopic (exact) mass is 533 g/mol. The van der Waals surface area contributed by atoms with Crippen LogP contribution in [0.4, 0.5) is 11.4 Å². The fraction of sp³-hybridized carbons (Fsp3) is 0.250. The molecule has 0 radical (unpaired) electrons. The van der Waals surface area contributed by atoms with Crippen molar-refractivity contribution in [1.82, 2.24) is 0 Å². The van der Waals surface area contributed by atoms with Crippen LogP contribution in [0.15, 0.2) is 161 Å². The molecular weight excluding hydrogens is 494 g/mol. The molecule has 1 nitrogen and oxygen atoms in total. The molecule has 0 fully saturated rings. The lowest BCUT2D eigenvalue weighted by molar-refractivity contribution is 0.514. The molecule has 4 aliphatic carbocycles. The topological polar surface area (TPSA) is 3.24 Å². The van der Waals surface area contributed by atoms with Gasteiger partial charge in [-0.05, 0) is 89.5 Å². The molecule has 2 unspecified atom stereocenters. The average molecular weight is 534 g/mol. The van der Waals surface area contributed by atoms with Crippen molar-refractivity contribution in [3.05, 3.63) is 166 Å². The molecule has 0 amide bonds. The minimum Gasteiger partial charge on any atom is -0.331 e. The van der Waals surface area contributed by atoms with Crippen LogP contribution in [0, 0.1) is 5.41 Å². The first-order chi connectivity index (χ1) is 20.0. The summed E-state index contributed by atoms with van der Waals surface area (Å²) in [7, 11) is 0. The van der Waals surface area contributed by atoms with Crippen molar-refractivity contribution in [2.45, 2.75) is 57.9 Å². The summed E-state index contributed by atoms with van der Waals surface area (Å²) < 4.78 is 0. The summed E-state index contributed by atoms with van der Waals surface area (Å²) in [5, 5.41) is 0. The van der Waals surface area contributed by atoms with E-state index >= 15 is 0 Å². The van der Waals surface area contributed by atoms with Gasteiger partial charge >= 0.3 is 0 Å². The molecule has 0 bridgehead atoms. The van der Waals surface area contributed by atoms with E-state index in [1.165, 1.54) is 50.4 Å². The molecule has 3 aromatic carbocycles. The Kier molecular flexibility index (Phi) is 6.35. The number of anilines is 2. The van der Waals surface area contributed by atoms with Crippen LogP contribution < -0.4 is 4.90 Å². The highest BCUT2D eigenvalue weighted by molar-refractivity contribution is 5.76. The van der Waals surface area contributed by atoms with E-state index in [0.29, 0.717) is 5.92 Å². The van der Waals surface area contributed by atoms with Crippen molar-refractivity contribution in [3.63, 3.8) is 0 Å². The number of rotatable bonds is 5. The SMILES string of the molecule is CC1(C)C2=CC(c3ccccc3)CC=C2C2=C1C=C(C1=CCCC=C1)C(C)(N(c1ccccc1)c1ccccc1)C2. The van der Waals surface area contributed by atoms with Crippen LogP contribution in [-0.4, -0.2) is 5.54 Å². The molecule has 1 heteroatoms. The largest absolute Gasteiger partial charge is 0.331 e. The number of para-hydroxylation sites is 2. The minimum atomic E-state index is -0.266. The zero-order valence-electron chi connectivity index (χ0n) is 24.5. The van der Waals surface area contributed by atoms with Gasteiger partial charge in [-0.1, -0.05) is 117 Å². The Morgan fingerprint density at radius 1 is 0.707 bits per heavy atom. The molecule has 204 valence electrons. The van der Waals surface area contributed by atoms with Crippen molar-refractivity contribution in [1.29, 1.82) is 0 Å². The highest BCUT2D eigenvalue weighted by atomic mass is 15.2. The number of nitrogens with zero attached hydrogens (tertiary/aromatic N) is 1. The molecular formula is C40H39N. The van der Waals surface area contributed by atoms with Crippen LogP contribution in [0.25, 0.3) is 0 Å². The van der Waals surface area contributed by atoms with Gasteiger partial charge in [0.2, 0.25) is 0 Å². The Morgan fingerprint density at radius 3 is 1.95 bits per heavy atom. The third-order valence-corrected chi connectivity index (χ3v) is 9.68. The van der Waals surface area contributed by atoms with E-state index in [1.807, 2.05) is 0 Å². The van der Waals surface area contributed by atoms with Gasteiger partial charge in [0.15, 0.2) is 0 Å². The Bertz CT molecular complexity index is 1600. The van der Waals surface area contributed by atoms with Crippen LogP contribution in [0.3, 0.4) is 0 Å². The van der Waals surface area contributed by atoms with Gasteiger partial charge in [-0.3, -0.25) is 0 Å². The number of hydrogen-bond acceptors (Lipinski definition) is 1. The normalized spacial score (nSPS) is 24.5. The van der Waals surface area contributed by atoms with Crippen molar-refractivity contribution < 1.29 is 0 Å². The van der Waals surface area contributed by atoms with Gasteiger partial charge < -0.3 is 4.90 Å². The van der Waals surface area contributed by atoms with Crippen molar-refractivity contribution in [3.8, 4) is 0 Å². The lowest BCUT2D eigenvalue weighted by atomic mass is 9.70. The Labute approximate surface area is 245 Å². The molecule has 3 aromatic rings. The second kappa shape index (κ2) is 10.1. The lowest BCUT2D eigenvalue weighted by Gasteiger charge is -2.48. The lowest BCUT2D eigenvalue weighted by Crippen LogP contribution is -2.47. The van der Waals surface area contributed by atoms with Crippen LogP contribution in [0.1, 0.15) is 57.9 Å². The van der Waals surface area contributed by atoms with E-state index in [2.05, 4.69) is 153 Å². The molecule has 0 saturated carbocycles. The van der Waals surface area contributed by atoms with Gasteiger partial charge in [0, 0.05) is 29.1 Å². The summed E-state index contributed by atoms with van der Waals surface area (Å²) in [5.74, 6) is 0.430. The molecule has 0 heterocycles. The summed E-state index contributed by atoms with van der Waals surface area (Å²) in [4.78, 5) is 2.59. The maximum absolute atomic E-state index is 2.59. The van der Waals surface area contributed by atoms with E-state index in [4.69, 9.17) is 0 Å². The maximum atomic E-state index is 2.59. The molecule has 0 aromatic heterocycles.